The lowest BCUT2D eigenvalue weighted by atomic mass is 9.66. The Morgan fingerprint density at radius 3 is 1.86 bits per heavy atom. The van der Waals surface area contributed by atoms with Crippen molar-refractivity contribution < 1.29 is 0 Å². The summed E-state index contributed by atoms with van der Waals surface area (Å²) in [5.41, 5.74) is 9.49. The van der Waals surface area contributed by atoms with Gasteiger partial charge >= 0.3 is 0 Å². The summed E-state index contributed by atoms with van der Waals surface area (Å²) in [5, 5.41) is 0. The van der Waals surface area contributed by atoms with E-state index in [9.17, 15) is 0 Å². The smallest absolute Gasteiger partial charge is 0.000556 e. The molecule has 1 saturated carbocycles. The van der Waals surface area contributed by atoms with Crippen molar-refractivity contribution in [3.63, 3.8) is 0 Å². The Bertz CT molecular complexity index is 444. The van der Waals surface area contributed by atoms with Crippen LogP contribution >= 0.6 is 0 Å². The molecule has 1 atom stereocenters. The van der Waals surface area contributed by atoms with Crippen molar-refractivity contribution in [2.24, 2.45) is 23.0 Å². The minimum Gasteiger partial charge on any atom is -0.330 e. The molecule has 0 radical (unpaired) electrons. The molecule has 1 fully saturated rings. The maximum absolute atomic E-state index is 6.15. The molecule has 2 N–H and O–H groups in total. The van der Waals surface area contributed by atoms with Gasteiger partial charge in [-0.25, -0.2) is 0 Å². The molecule has 1 aromatic carbocycles. The van der Waals surface area contributed by atoms with Gasteiger partial charge in [-0.3, -0.25) is 0 Å². The maximum atomic E-state index is 6.15. The van der Waals surface area contributed by atoms with Crippen LogP contribution in [0.3, 0.4) is 0 Å². The largest absolute Gasteiger partial charge is 0.330 e. The first-order chi connectivity index (χ1) is 10.3. The van der Waals surface area contributed by atoms with Crippen LogP contribution in [-0.2, 0) is 0 Å². The predicted octanol–water partition coefficient (Wildman–Crippen LogP) is 5.70. The molecule has 1 unspecified atom stereocenters. The highest BCUT2D eigenvalue weighted by molar-refractivity contribution is 5.28. The number of benzene rings is 1. The lowest BCUT2D eigenvalue weighted by Gasteiger charge is -2.39. The Labute approximate surface area is 137 Å². The van der Waals surface area contributed by atoms with Crippen LogP contribution in [0.25, 0.3) is 0 Å². The average Bonchev–Trinajstić information content (AvgIpc) is 2.48. The van der Waals surface area contributed by atoms with Crippen molar-refractivity contribution in [2.45, 2.75) is 72.1 Å². The van der Waals surface area contributed by atoms with E-state index in [1.165, 1.54) is 36.8 Å². The van der Waals surface area contributed by atoms with Crippen molar-refractivity contribution in [3.8, 4) is 0 Å². The van der Waals surface area contributed by atoms with Gasteiger partial charge in [0.15, 0.2) is 0 Å². The molecule has 22 heavy (non-hydrogen) atoms. The van der Waals surface area contributed by atoms with Crippen LogP contribution in [-0.4, -0.2) is 6.54 Å². The summed E-state index contributed by atoms with van der Waals surface area (Å²) >= 11 is 0. The van der Waals surface area contributed by atoms with E-state index in [0.717, 1.165) is 18.4 Å². The van der Waals surface area contributed by atoms with Crippen LogP contribution in [0.2, 0.25) is 0 Å². The molecule has 0 heterocycles. The summed E-state index contributed by atoms with van der Waals surface area (Å²) in [4.78, 5) is 0. The lowest BCUT2D eigenvalue weighted by molar-refractivity contribution is 0.140. The fraction of sp³-hybridized carbons (Fsp3) is 0.714. The molecule has 0 bridgehead atoms. The van der Waals surface area contributed by atoms with Gasteiger partial charge in [0.25, 0.3) is 0 Å². The maximum Gasteiger partial charge on any atom is -0.000556 e. The third-order valence-corrected chi connectivity index (χ3v) is 5.85. The summed E-state index contributed by atoms with van der Waals surface area (Å²) < 4.78 is 0. The molecule has 0 saturated heterocycles. The van der Waals surface area contributed by atoms with Crippen molar-refractivity contribution in [2.75, 3.05) is 6.54 Å². The van der Waals surface area contributed by atoms with Crippen LogP contribution in [0.1, 0.15) is 83.3 Å². The normalized spacial score (nSPS) is 24.5. The molecule has 0 aromatic heterocycles. The Hall–Kier alpha value is -0.820. The highest BCUT2D eigenvalue weighted by atomic mass is 14.6. The van der Waals surface area contributed by atoms with Gasteiger partial charge in [0, 0.05) is 0 Å². The van der Waals surface area contributed by atoms with Crippen molar-refractivity contribution in [1.82, 2.24) is 0 Å². The van der Waals surface area contributed by atoms with Crippen LogP contribution in [0.5, 0.6) is 0 Å². The Morgan fingerprint density at radius 2 is 1.45 bits per heavy atom. The minimum atomic E-state index is 0.460. The zero-order valence-electron chi connectivity index (χ0n) is 15.2. The zero-order valence-corrected chi connectivity index (χ0v) is 15.2. The second-order valence-corrected chi connectivity index (χ2v) is 8.64. The van der Waals surface area contributed by atoms with Gasteiger partial charge in [0.1, 0.15) is 0 Å². The van der Waals surface area contributed by atoms with E-state index in [0.29, 0.717) is 17.3 Å². The van der Waals surface area contributed by atoms with E-state index in [1.54, 1.807) is 0 Å². The monoisotopic (exact) mass is 301 g/mol. The molecule has 0 spiro atoms. The molecular formula is C21H35N. The van der Waals surface area contributed by atoms with Gasteiger partial charge in [0.05, 0.1) is 0 Å². The first-order valence-electron chi connectivity index (χ1n) is 9.12. The van der Waals surface area contributed by atoms with Crippen molar-refractivity contribution in [3.05, 3.63) is 35.4 Å². The second-order valence-electron chi connectivity index (χ2n) is 8.64. The number of hydrogen-bond acceptors (Lipinski definition) is 1. The number of rotatable bonds is 4. The predicted molar refractivity (Wildman–Crippen MR) is 97.2 cm³/mol. The van der Waals surface area contributed by atoms with Crippen molar-refractivity contribution >= 4 is 0 Å². The summed E-state index contributed by atoms with van der Waals surface area (Å²) in [6.45, 7) is 12.5. The van der Waals surface area contributed by atoms with Gasteiger partial charge in [-0.15, -0.1) is 0 Å². The quantitative estimate of drug-likeness (QED) is 0.758. The lowest BCUT2D eigenvalue weighted by Crippen LogP contribution is -2.30. The third-order valence-electron chi connectivity index (χ3n) is 5.85. The van der Waals surface area contributed by atoms with Crippen molar-refractivity contribution in [1.29, 1.82) is 0 Å². The average molecular weight is 302 g/mol. The molecule has 1 nitrogen and oxygen atoms in total. The van der Waals surface area contributed by atoms with Gasteiger partial charge in [-0.1, -0.05) is 58.9 Å². The Kier molecular flexibility index (Phi) is 5.71. The standard InChI is InChI=1S/C21H35N/c1-15(2)16-6-8-17(9-7-16)20(14-22)18-10-12-19(13-11-18)21(3,4)5/h6-9,15,18-20H,10-14,22H2,1-5H3. The SMILES string of the molecule is CC(C)c1ccc(C(CN)C2CCC(C(C)(C)C)CC2)cc1. The molecule has 1 heteroatoms. The first-order valence-corrected chi connectivity index (χ1v) is 9.12. The summed E-state index contributed by atoms with van der Waals surface area (Å²) in [6.07, 6.45) is 5.43. The summed E-state index contributed by atoms with van der Waals surface area (Å²) in [5.74, 6) is 2.80. The fourth-order valence-corrected chi connectivity index (χ4v) is 4.12. The van der Waals surface area contributed by atoms with Crippen LogP contribution < -0.4 is 5.73 Å². The Morgan fingerprint density at radius 1 is 0.955 bits per heavy atom. The van der Waals surface area contributed by atoms with Gasteiger partial charge in [0.2, 0.25) is 0 Å². The molecule has 1 aliphatic carbocycles. The molecule has 0 amide bonds. The molecule has 0 aliphatic heterocycles. The van der Waals surface area contributed by atoms with Crippen LogP contribution in [0.15, 0.2) is 24.3 Å². The number of hydrogen-bond donors (Lipinski definition) is 1. The third kappa shape index (κ3) is 4.13. The van der Waals surface area contributed by atoms with Crippen LogP contribution in [0, 0.1) is 17.3 Å². The first kappa shape index (κ1) is 17.5. The molecule has 124 valence electrons. The van der Waals surface area contributed by atoms with Gasteiger partial charge < -0.3 is 5.73 Å². The van der Waals surface area contributed by atoms with E-state index in [-0.39, 0.29) is 0 Å². The molecule has 2 rings (SSSR count). The van der Waals surface area contributed by atoms with E-state index < -0.39 is 0 Å². The molecule has 1 aromatic rings. The highest BCUT2D eigenvalue weighted by Gasteiger charge is 2.32. The Balaban J connectivity index is 2.03. The van der Waals surface area contributed by atoms with Gasteiger partial charge in [-0.05, 0) is 72.4 Å². The summed E-state index contributed by atoms with van der Waals surface area (Å²) in [7, 11) is 0. The van der Waals surface area contributed by atoms with E-state index in [2.05, 4.69) is 58.9 Å². The van der Waals surface area contributed by atoms with E-state index in [1.807, 2.05) is 0 Å². The van der Waals surface area contributed by atoms with Gasteiger partial charge in [-0.2, -0.15) is 0 Å². The topological polar surface area (TPSA) is 26.0 Å². The zero-order chi connectivity index (χ0) is 16.3. The summed E-state index contributed by atoms with van der Waals surface area (Å²) in [6, 6.07) is 9.23. The number of nitrogens with two attached hydrogens (primary N) is 1. The highest BCUT2D eigenvalue weighted by Crippen LogP contribution is 2.43. The van der Waals surface area contributed by atoms with Crippen LogP contribution in [0.4, 0.5) is 0 Å². The minimum absolute atomic E-state index is 0.460. The molecular weight excluding hydrogens is 266 g/mol. The van der Waals surface area contributed by atoms with E-state index >= 15 is 0 Å². The molecule has 1 aliphatic rings. The fourth-order valence-electron chi connectivity index (χ4n) is 4.12. The second kappa shape index (κ2) is 7.17. The van der Waals surface area contributed by atoms with E-state index in [4.69, 9.17) is 5.73 Å².